The fourth-order valence-electron chi connectivity index (χ4n) is 3.39. The van der Waals surface area contributed by atoms with E-state index in [2.05, 4.69) is 26.1 Å². The van der Waals surface area contributed by atoms with Gasteiger partial charge in [0.1, 0.15) is 11.5 Å². The first-order chi connectivity index (χ1) is 10.1. The van der Waals surface area contributed by atoms with E-state index in [1.54, 1.807) is 13.0 Å². The van der Waals surface area contributed by atoms with Gasteiger partial charge < -0.3 is 14.8 Å². The molecule has 0 spiro atoms. The van der Waals surface area contributed by atoms with E-state index in [0.717, 1.165) is 31.4 Å². The van der Waals surface area contributed by atoms with Gasteiger partial charge in [0.05, 0.1) is 11.2 Å². The third-order valence-corrected chi connectivity index (χ3v) is 5.00. The van der Waals surface area contributed by atoms with Crippen LogP contribution >= 0.6 is 0 Å². The maximum atomic E-state index is 12.2. The SMILES string of the molecule is Cc1cc(C(=O)NCC2(O)CCC(C(C)(C)C)CC2)c(C)o1. The Labute approximate surface area is 133 Å². The molecule has 1 aliphatic rings. The summed E-state index contributed by atoms with van der Waals surface area (Å²) < 4.78 is 5.38. The van der Waals surface area contributed by atoms with Gasteiger partial charge >= 0.3 is 0 Å². The number of rotatable bonds is 3. The van der Waals surface area contributed by atoms with Crippen LogP contribution in [0.25, 0.3) is 0 Å². The number of aryl methyl sites for hydroxylation is 2. The Hall–Kier alpha value is -1.29. The van der Waals surface area contributed by atoms with Crippen molar-refractivity contribution in [1.29, 1.82) is 0 Å². The molecular formula is C18H29NO3. The fourth-order valence-corrected chi connectivity index (χ4v) is 3.39. The second kappa shape index (κ2) is 6.07. The van der Waals surface area contributed by atoms with Crippen LogP contribution in [0.2, 0.25) is 0 Å². The Morgan fingerprint density at radius 1 is 1.36 bits per heavy atom. The minimum Gasteiger partial charge on any atom is -0.466 e. The van der Waals surface area contributed by atoms with E-state index in [0.29, 0.717) is 23.8 Å². The fraction of sp³-hybridized carbons (Fsp3) is 0.722. The highest BCUT2D eigenvalue weighted by atomic mass is 16.3. The number of aliphatic hydroxyl groups is 1. The van der Waals surface area contributed by atoms with E-state index in [1.165, 1.54) is 0 Å². The molecule has 1 aliphatic carbocycles. The molecular weight excluding hydrogens is 278 g/mol. The van der Waals surface area contributed by atoms with Gasteiger partial charge in [-0.3, -0.25) is 4.79 Å². The molecule has 0 radical (unpaired) electrons. The van der Waals surface area contributed by atoms with Gasteiger partial charge in [-0.1, -0.05) is 20.8 Å². The van der Waals surface area contributed by atoms with E-state index in [4.69, 9.17) is 4.42 Å². The van der Waals surface area contributed by atoms with Crippen LogP contribution in [0.4, 0.5) is 0 Å². The first-order valence-electron chi connectivity index (χ1n) is 8.18. The Kier molecular flexibility index (Phi) is 4.71. The molecule has 0 bridgehead atoms. The standard InChI is InChI=1S/C18H29NO3/c1-12-10-15(13(2)22-12)16(20)19-11-18(21)8-6-14(7-9-18)17(3,4)5/h10,14,21H,6-9,11H2,1-5H3,(H,19,20). The second-order valence-corrected chi connectivity index (χ2v) is 7.87. The van der Waals surface area contributed by atoms with Crippen LogP contribution in [0.1, 0.15) is 68.3 Å². The molecule has 0 aliphatic heterocycles. The van der Waals surface area contributed by atoms with Gasteiger partial charge in [-0.2, -0.15) is 0 Å². The van der Waals surface area contributed by atoms with E-state index in [9.17, 15) is 9.90 Å². The number of carbonyl (C=O) groups excluding carboxylic acids is 1. The number of amides is 1. The summed E-state index contributed by atoms with van der Waals surface area (Å²) in [7, 11) is 0. The number of hydrogen-bond donors (Lipinski definition) is 2. The molecule has 1 fully saturated rings. The molecule has 1 aromatic heterocycles. The van der Waals surface area contributed by atoms with Crippen molar-refractivity contribution < 1.29 is 14.3 Å². The van der Waals surface area contributed by atoms with Crippen molar-refractivity contribution in [2.24, 2.45) is 11.3 Å². The first-order valence-corrected chi connectivity index (χ1v) is 8.18. The highest BCUT2D eigenvalue weighted by Gasteiger charge is 2.37. The zero-order valence-electron chi connectivity index (χ0n) is 14.5. The molecule has 2 rings (SSSR count). The summed E-state index contributed by atoms with van der Waals surface area (Å²) >= 11 is 0. The van der Waals surface area contributed by atoms with Crippen molar-refractivity contribution in [3.63, 3.8) is 0 Å². The number of carbonyl (C=O) groups is 1. The van der Waals surface area contributed by atoms with Crippen molar-refractivity contribution in [3.8, 4) is 0 Å². The summed E-state index contributed by atoms with van der Waals surface area (Å²) in [6, 6.07) is 1.74. The van der Waals surface area contributed by atoms with Gasteiger partial charge in [0.25, 0.3) is 5.91 Å². The average molecular weight is 307 g/mol. The summed E-state index contributed by atoms with van der Waals surface area (Å²) in [4.78, 5) is 12.2. The molecule has 1 saturated carbocycles. The van der Waals surface area contributed by atoms with Gasteiger partial charge in [0, 0.05) is 6.54 Å². The minimum atomic E-state index is -0.774. The van der Waals surface area contributed by atoms with Gasteiger partial charge in [0.2, 0.25) is 0 Å². The van der Waals surface area contributed by atoms with Crippen molar-refractivity contribution >= 4 is 5.91 Å². The van der Waals surface area contributed by atoms with Crippen molar-refractivity contribution in [1.82, 2.24) is 5.32 Å². The monoisotopic (exact) mass is 307 g/mol. The van der Waals surface area contributed by atoms with E-state index in [-0.39, 0.29) is 11.3 Å². The maximum Gasteiger partial charge on any atom is 0.254 e. The van der Waals surface area contributed by atoms with Crippen LogP contribution in [0.3, 0.4) is 0 Å². The lowest BCUT2D eigenvalue weighted by atomic mass is 9.68. The number of furan rings is 1. The molecule has 0 unspecified atom stereocenters. The highest BCUT2D eigenvalue weighted by molar-refractivity contribution is 5.95. The summed E-state index contributed by atoms with van der Waals surface area (Å²) in [5, 5.41) is 13.6. The minimum absolute atomic E-state index is 0.166. The topological polar surface area (TPSA) is 62.5 Å². The summed E-state index contributed by atoms with van der Waals surface area (Å²) in [6.45, 7) is 10.7. The summed E-state index contributed by atoms with van der Waals surface area (Å²) in [5.74, 6) is 1.83. The predicted molar refractivity (Wildman–Crippen MR) is 86.9 cm³/mol. The van der Waals surface area contributed by atoms with Gasteiger partial charge in [-0.15, -0.1) is 0 Å². The van der Waals surface area contributed by atoms with Gasteiger partial charge in [-0.05, 0) is 56.9 Å². The second-order valence-electron chi connectivity index (χ2n) is 7.87. The largest absolute Gasteiger partial charge is 0.466 e. The highest BCUT2D eigenvalue weighted by Crippen LogP contribution is 2.41. The Morgan fingerprint density at radius 3 is 2.41 bits per heavy atom. The first kappa shape index (κ1) is 17.1. The smallest absolute Gasteiger partial charge is 0.254 e. The summed E-state index contributed by atoms with van der Waals surface area (Å²) in [5.41, 5.74) is 0.0737. The quantitative estimate of drug-likeness (QED) is 0.897. The van der Waals surface area contributed by atoms with E-state index in [1.807, 2.05) is 6.92 Å². The number of hydrogen-bond acceptors (Lipinski definition) is 3. The zero-order valence-corrected chi connectivity index (χ0v) is 14.5. The van der Waals surface area contributed by atoms with Crippen LogP contribution in [0.5, 0.6) is 0 Å². The molecule has 0 aromatic carbocycles. The maximum absolute atomic E-state index is 12.2. The van der Waals surface area contributed by atoms with E-state index < -0.39 is 5.60 Å². The van der Waals surface area contributed by atoms with E-state index >= 15 is 0 Å². The molecule has 22 heavy (non-hydrogen) atoms. The third-order valence-electron chi connectivity index (χ3n) is 5.00. The predicted octanol–water partition coefficient (Wildman–Crippen LogP) is 3.59. The van der Waals surface area contributed by atoms with Crippen LogP contribution in [0, 0.1) is 25.2 Å². The summed E-state index contributed by atoms with van der Waals surface area (Å²) in [6.07, 6.45) is 3.52. The van der Waals surface area contributed by atoms with Crippen LogP contribution in [-0.4, -0.2) is 23.2 Å². The van der Waals surface area contributed by atoms with Crippen molar-refractivity contribution in [2.75, 3.05) is 6.54 Å². The Balaban J connectivity index is 1.89. The molecule has 124 valence electrons. The van der Waals surface area contributed by atoms with Crippen LogP contribution in [0.15, 0.2) is 10.5 Å². The van der Waals surface area contributed by atoms with Gasteiger partial charge in [0.15, 0.2) is 0 Å². The van der Waals surface area contributed by atoms with Crippen molar-refractivity contribution in [3.05, 3.63) is 23.2 Å². The van der Waals surface area contributed by atoms with Crippen LogP contribution < -0.4 is 5.32 Å². The Morgan fingerprint density at radius 2 is 1.95 bits per heavy atom. The molecule has 1 aromatic rings. The average Bonchev–Trinajstić information content (AvgIpc) is 2.75. The zero-order chi connectivity index (χ0) is 16.5. The molecule has 0 saturated heterocycles. The van der Waals surface area contributed by atoms with Crippen molar-refractivity contribution in [2.45, 2.75) is 65.9 Å². The lowest BCUT2D eigenvalue weighted by Gasteiger charge is -2.41. The molecule has 1 amide bonds. The normalized spacial score (nSPS) is 26.0. The third kappa shape index (κ3) is 3.92. The number of nitrogens with one attached hydrogen (secondary N) is 1. The molecule has 4 heteroatoms. The van der Waals surface area contributed by atoms with Gasteiger partial charge in [-0.25, -0.2) is 0 Å². The lowest BCUT2D eigenvalue weighted by Crippen LogP contribution is -2.46. The molecule has 2 N–H and O–H groups in total. The molecule has 0 atom stereocenters. The Bertz CT molecular complexity index is 531. The lowest BCUT2D eigenvalue weighted by molar-refractivity contribution is -0.0228. The molecule has 1 heterocycles. The molecule has 4 nitrogen and oxygen atoms in total. The van der Waals surface area contributed by atoms with Crippen LogP contribution in [-0.2, 0) is 0 Å².